The summed E-state index contributed by atoms with van der Waals surface area (Å²) in [5.74, 6) is 1.71. The number of likely N-dealkylation sites (tertiary alicyclic amines) is 1. The second kappa shape index (κ2) is 7.57. The molecule has 3 aliphatic rings. The predicted octanol–water partition coefficient (Wildman–Crippen LogP) is 5.20. The van der Waals surface area contributed by atoms with E-state index in [0.717, 1.165) is 54.0 Å². The van der Waals surface area contributed by atoms with Crippen LogP contribution in [-0.2, 0) is 0 Å². The van der Waals surface area contributed by atoms with Crippen molar-refractivity contribution in [2.24, 2.45) is 5.10 Å². The van der Waals surface area contributed by atoms with Gasteiger partial charge in [-0.1, -0.05) is 40.2 Å². The second-order valence-electron chi connectivity index (χ2n) is 8.67. The van der Waals surface area contributed by atoms with Gasteiger partial charge in [-0.25, -0.2) is 5.01 Å². The minimum Gasteiger partial charge on any atom is -0.493 e. The first-order valence-electron chi connectivity index (χ1n) is 10.7. The largest absolute Gasteiger partial charge is 0.493 e. The molecule has 1 saturated heterocycles. The van der Waals surface area contributed by atoms with Crippen molar-refractivity contribution in [1.29, 1.82) is 0 Å². The van der Waals surface area contributed by atoms with Crippen molar-refractivity contribution >= 4 is 21.6 Å². The molecule has 1 atom stereocenters. The van der Waals surface area contributed by atoms with E-state index in [1.807, 2.05) is 6.07 Å². The molecule has 0 saturated carbocycles. The Morgan fingerprint density at radius 2 is 1.87 bits per heavy atom. The molecule has 1 spiro atoms. The molecule has 0 N–H and O–H groups in total. The quantitative estimate of drug-likeness (QED) is 0.618. The van der Waals surface area contributed by atoms with E-state index < -0.39 is 5.72 Å². The third-order valence-corrected chi connectivity index (χ3v) is 7.22. The maximum Gasteiger partial charge on any atom is 0.200 e. The molecule has 158 valence electrons. The van der Waals surface area contributed by atoms with Crippen LogP contribution in [0.4, 0.5) is 0 Å². The zero-order chi connectivity index (χ0) is 20.9. The lowest BCUT2D eigenvalue weighted by molar-refractivity contribution is -0.153. The van der Waals surface area contributed by atoms with Crippen LogP contribution >= 0.6 is 15.9 Å². The van der Waals surface area contributed by atoms with Crippen LogP contribution < -0.4 is 9.47 Å². The number of ether oxygens (including phenoxy) is 2. The maximum atomic E-state index is 6.79. The van der Waals surface area contributed by atoms with E-state index >= 15 is 0 Å². The van der Waals surface area contributed by atoms with E-state index in [1.54, 1.807) is 7.11 Å². The topological polar surface area (TPSA) is 37.3 Å². The van der Waals surface area contributed by atoms with Crippen molar-refractivity contribution in [2.45, 2.75) is 50.9 Å². The lowest BCUT2D eigenvalue weighted by Crippen LogP contribution is -2.59. The molecule has 0 unspecified atom stereocenters. The number of nitrogens with zero attached hydrogens (tertiary/aromatic N) is 3. The third kappa shape index (κ3) is 3.21. The van der Waals surface area contributed by atoms with Crippen molar-refractivity contribution < 1.29 is 9.47 Å². The Kier molecular flexibility index (Phi) is 5.02. The van der Waals surface area contributed by atoms with Gasteiger partial charge in [-0.15, -0.1) is 0 Å². The van der Waals surface area contributed by atoms with E-state index in [0.29, 0.717) is 6.04 Å². The minimum absolute atomic E-state index is 0.174. The normalized spacial score (nSPS) is 22.5. The summed E-state index contributed by atoms with van der Waals surface area (Å²) in [6, 6.07) is 15.4. The van der Waals surface area contributed by atoms with E-state index in [1.165, 1.54) is 11.1 Å². The fraction of sp³-hybridized carbons (Fsp3) is 0.458. The van der Waals surface area contributed by atoms with E-state index in [2.05, 4.69) is 76.1 Å². The molecule has 6 heteroatoms. The number of halogens is 1. The monoisotopic (exact) mass is 469 g/mol. The molecule has 0 radical (unpaired) electrons. The minimum atomic E-state index is -0.422. The SMILES string of the molecule is COc1cccc2c1OC1(CCN(C(C)C)CC1)N1N=C(c3ccc(Br)cc3)C[C@H]21. The van der Waals surface area contributed by atoms with Gasteiger partial charge in [0.25, 0.3) is 0 Å². The van der Waals surface area contributed by atoms with Crippen molar-refractivity contribution in [3.05, 3.63) is 58.1 Å². The van der Waals surface area contributed by atoms with Gasteiger partial charge >= 0.3 is 0 Å². The molecule has 0 aromatic heterocycles. The first-order valence-corrected chi connectivity index (χ1v) is 11.5. The Bertz CT molecular complexity index is 965. The van der Waals surface area contributed by atoms with Gasteiger partial charge in [0, 0.05) is 48.4 Å². The van der Waals surface area contributed by atoms with Crippen LogP contribution in [0.5, 0.6) is 11.5 Å². The van der Waals surface area contributed by atoms with Gasteiger partial charge in [-0.05, 0) is 37.6 Å². The van der Waals surface area contributed by atoms with Gasteiger partial charge in [-0.3, -0.25) is 0 Å². The molecular formula is C24H28BrN3O2. The number of piperidine rings is 1. The standard InChI is InChI=1S/C24H28BrN3O2/c1-16(2)27-13-11-24(12-14-27)28-21(19-5-4-6-22(29-3)23(19)30-24)15-20(26-28)17-7-9-18(25)10-8-17/h4-10,16,21H,11-15H2,1-3H3/t21-/m1/s1. The molecule has 3 heterocycles. The van der Waals surface area contributed by atoms with Gasteiger partial charge in [0.1, 0.15) is 0 Å². The summed E-state index contributed by atoms with van der Waals surface area (Å²) in [6.07, 6.45) is 2.73. The molecule has 5 rings (SSSR count). The zero-order valence-corrected chi connectivity index (χ0v) is 19.4. The molecule has 5 nitrogen and oxygen atoms in total. The summed E-state index contributed by atoms with van der Waals surface area (Å²) in [5.41, 5.74) is 3.04. The molecule has 0 bridgehead atoms. The predicted molar refractivity (Wildman–Crippen MR) is 122 cm³/mol. The average Bonchev–Trinajstić information content (AvgIpc) is 3.21. The summed E-state index contributed by atoms with van der Waals surface area (Å²) in [6.45, 7) is 6.55. The Morgan fingerprint density at radius 1 is 1.13 bits per heavy atom. The number of para-hydroxylation sites is 1. The highest BCUT2D eigenvalue weighted by molar-refractivity contribution is 9.10. The fourth-order valence-corrected chi connectivity index (χ4v) is 5.23. The van der Waals surface area contributed by atoms with Gasteiger partial charge in [-0.2, -0.15) is 5.10 Å². The summed E-state index contributed by atoms with van der Waals surface area (Å²) < 4.78 is 13.6. The van der Waals surface area contributed by atoms with Crippen LogP contribution in [0.3, 0.4) is 0 Å². The number of hydrogen-bond acceptors (Lipinski definition) is 5. The smallest absolute Gasteiger partial charge is 0.200 e. The van der Waals surface area contributed by atoms with E-state index in [9.17, 15) is 0 Å². The second-order valence-corrected chi connectivity index (χ2v) is 9.59. The van der Waals surface area contributed by atoms with Crippen LogP contribution in [0.2, 0.25) is 0 Å². The molecule has 1 fully saturated rings. The van der Waals surface area contributed by atoms with Crippen LogP contribution in [0.1, 0.15) is 50.3 Å². The maximum absolute atomic E-state index is 6.79. The van der Waals surface area contributed by atoms with E-state index in [4.69, 9.17) is 14.6 Å². The summed E-state index contributed by atoms with van der Waals surface area (Å²) in [4.78, 5) is 2.52. The zero-order valence-electron chi connectivity index (χ0n) is 17.8. The highest BCUT2D eigenvalue weighted by Crippen LogP contribution is 2.52. The Labute approximate surface area is 186 Å². The molecule has 2 aromatic rings. The first kappa shape index (κ1) is 19.9. The lowest BCUT2D eigenvalue weighted by Gasteiger charge is -2.51. The summed E-state index contributed by atoms with van der Waals surface area (Å²) in [7, 11) is 1.72. The van der Waals surface area contributed by atoms with Crippen molar-refractivity contribution in [1.82, 2.24) is 9.91 Å². The molecule has 3 aliphatic heterocycles. The molecular weight excluding hydrogens is 442 g/mol. The fourth-order valence-electron chi connectivity index (χ4n) is 4.97. The number of hydrogen-bond donors (Lipinski definition) is 0. The van der Waals surface area contributed by atoms with Crippen LogP contribution in [0.15, 0.2) is 52.0 Å². The lowest BCUT2D eigenvalue weighted by atomic mass is 9.90. The van der Waals surface area contributed by atoms with Crippen molar-refractivity contribution in [3.63, 3.8) is 0 Å². The van der Waals surface area contributed by atoms with Gasteiger partial charge in [0.05, 0.1) is 18.9 Å². The Morgan fingerprint density at radius 3 is 2.53 bits per heavy atom. The number of rotatable bonds is 3. The molecule has 30 heavy (non-hydrogen) atoms. The highest BCUT2D eigenvalue weighted by atomic mass is 79.9. The Hall–Kier alpha value is -2.05. The third-order valence-electron chi connectivity index (χ3n) is 6.70. The average molecular weight is 470 g/mol. The first-order chi connectivity index (χ1) is 14.5. The van der Waals surface area contributed by atoms with Crippen LogP contribution in [0, 0.1) is 0 Å². The Balaban J connectivity index is 1.56. The van der Waals surface area contributed by atoms with Gasteiger partial charge in [0.15, 0.2) is 11.5 Å². The van der Waals surface area contributed by atoms with Crippen LogP contribution in [-0.4, -0.2) is 47.6 Å². The summed E-state index contributed by atoms with van der Waals surface area (Å²) in [5, 5.41) is 7.43. The number of benzene rings is 2. The number of methoxy groups -OCH3 is 1. The molecule has 0 amide bonds. The summed E-state index contributed by atoms with van der Waals surface area (Å²) >= 11 is 3.54. The molecule has 2 aromatic carbocycles. The van der Waals surface area contributed by atoms with E-state index in [-0.39, 0.29) is 6.04 Å². The number of fused-ring (bicyclic) bond motifs is 4. The van der Waals surface area contributed by atoms with Crippen molar-refractivity contribution in [3.8, 4) is 11.5 Å². The van der Waals surface area contributed by atoms with Gasteiger partial charge < -0.3 is 14.4 Å². The van der Waals surface area contributed by atoms with Crippen LogP contribution in [0.25, 0.3) is 0 Å². The number of hydrazone groups is 1. The van der Waals surface area contributed by atoms with Gasteiger partial charge in [0.2, 0.25) is 5.72 Å². The van der Waals surface area contributed by atoms with Crippen molar-refractivity contribution in [2.75, 3.05) is 20.2 Å². The highest BCUT2D eigenvalue weighted by Gasteiger charge is 2.52. The molecule has 0 aliphatic carbocycles.